The van der Waals surface area contributed by atoms with Crippen molar-refractivity contribution in [2.75, 3.05) is 13.9 Å². The molecule has 0 aliphatic rings. The molecule has 0 spiro atoms. The van der Waals surface area contributed by atoms with Crippen molar-refractivity contribution in [2.24, 2.45) is 5.41 Å². The number of benzene rings is 1. The van der Waals surface area contributed by atoms with Crippen molar-refractivity contribution in [1.29, 1.82) is 0 Å². The molecule has 0 aromatic heterocycles. The van der Waals surface area contributed by atoms with E-state index < -0.39 is 0 Å². The second kappa shape index (κ2) is 7.36. The third-order valence-electron chi connectivity index (χ3n) is 3.11. The van der Waals surface area contributed by atoms with E-state index >= 15 is 0 Å². The molecule has 2 nitrogen and oxygen atoms in total. The fourth-order valence-electron chi connectivity index (χ4n) is 2.66. The van der Waals surface area contributed by atoms with Gasteiger partial charge in [-0.15, -0.1) is 0 Å². The van der Waals surface area contributed by atoms with Crippen molar-refractivity contribution >= 4 is 30.1 Å². The maximum absolute atomic E-state index is 5.60. The van der Waals surface area contributed by atoms with Crippen molar-refractivity contribution in [3.63, 3.8) is 0 Å². The Labute approximate surface area is 139 Å². The van der Waals surface area contributed by atoms with Gasteiger partial charge in [0.05, 0.1) is 4.90 Å². The van der Waals surface area contributed by atoms with Crippen molar-refractivity contribution in [3.05, 3.63) is 23.8 Å². The van der Waals surface area contributed by atoms with Gasteiger partial charge in [-0.2, -0.15) is 0 Å². The van der Waals surface area contributed by atoms with Gasteiger partial charge in [-0.25, -0.2) is 0 Å². The van der Waals surface area contributed by atoms with Crippen LogP contribution in [0.1, 0.15) is 46.6 Å². The smallest absolute Gasteiger partial charge is 0.188 e. The highest BCUT2D eigenvalue weighted by atomic mass is 127. The summed E-state index contributed by atoms with van der Waals surface area (Å²) >= 11 is 2.30. The fraction of sp³-hybridized carbons (Fsp3) is 0.625. The average molecular weight is 408 g/mol. The Morgan fingerprint density at radius 1 is 1.15 bits per heavy atom. The SMILES string of the molecule is COCOc1ccc(C(C)(C)CC(C)(C)C)cc1SI. The van der Waals surface area contributed by atoms with E-state index in [1.807, 2.05) is 0 Å². The van der Waals surface area contributed by atoms with Crippen molar-refractivity contribution in [2.45, 2.75) is 51.3 Å². The van der Waals surface area contributed by atoms with Gasteiger partial charge in [-0.3, -0.25) is 0 Å². The van der Waals surface area contributed by atoms with Crippen LogP contribution in [0.5, 0.6) is 5.75 Å². The van der Waals surface area contributed by atoms with Gasteiger partial charge in [0.15, 0.2) is 6.79 Å². The minimum atomic E-state index is 0.152. The Bertz CT molecular complexity index is 439. The molecular weight excluding hydrogens is 383 g/mol. The predicted molar refractivity (Wildman–Crippen MR) is 95.9 cm³/mol. The monoisotopic (exact) mass is 408 g/mol. The first kappa shape index (κ1) is 18.1. The van der Waals surface area contributed by atoms with Crippen LogP contribution in [-0.4, -0.2) is 13.9 Å². The zero-order valence-electron chi connectivity index (χ0n) is 13.2. The number of ether oxygens (including phenoxy) is 2. The van der Waals surface area contributed by atoms with Gasteiger partial charge < -0.3 is 9.47 Å². The second-order valence-corrected chi connectivity index (χ2v) is 8.83. The van der Waals surface area contributed by atoms with Crippen LogP contribution in [0.2, 0.25) is 0 Å². The van der Waals surface area contributed by atoms with E-state index in [4.69, 9.17) is 9.47 Å². The van der Waals surface area contributed by atoms with Gasteiger partial charge in [0.1, 0.15) is 5.75 Å². The van der Waals surface area contributed by atoms with Gasteiger partial charge in [0.25, 0.3) is 0 Å². The molecule has 0 bridgehead atoms. The molecule has 0 N–H and O–H groups in total. The molecule has 0 radical (unpaired) electrons. The van der Waals surface area contributed by atoms with E-state index in [0.717, 1.165) is 17.1 Å². The maximum Gasteiger partial charge on any atom is 0.188 e. The predicted octanol–water partition coefficient (Wildman–Crippen LogP) is 5.83. The van der Waals surface area contributed by atoms with Crippen molar-refractivity contribution < 1.29 is 9.47 Å². The molecule has 0 saturated carbocycles. The zero-order valence-corrected chi connectivity index (χ0v) is 16.2. The summed E-state index contributed by atoms with van der Waals surface area (Å²) in [4.78, 5) is 1.15. The van der Waals surface area contributed by atoms with E-state index in [2.05, 4.69) is 74.0 Å². The van der Waals surface area contributed by atoms with E-state index in [9.17, 15) is 0 Å². The summed E-state index contributed by atoms with van der Waals surface area (Å²) in [6.45, 7) is 11.8. The summed E-state index contributed by atoms with van der Waals surface area (Å²) in [6, 6.07) is 6.47. The molecule has 0 fully saturated rings. The minimum Gasteiger partial charge on any atom is -0.466 e. The maximum atomic E-state index is 5.60. The summed E-state index contributed by atoms with van der Waals surface area (Å²) in [7, 11) is 3.32. The first-order valence-corrected chi connectivity index (χ1v) is 10.1. The van der Waals surface area contributed by atoms with Crippen molar-refractivity contribution in [1.82, 2.24) is 0 Å². The standard InChI is InChI=1S/C16H25IO2S/c1-15(2,3)10-16(4,5)12-7-8-13(19-11-18-6)14(9-12)20-17/h7-9H,10-11H2,1-6H3. The molecule has 0 aliphatic heterocycles. The van der Waals surface area contributed by atoms with Gasteiger partial charge >= 0.3 is 0 Å². The van der Waals surface area contributed by atoms with Crippen LogP contribution in [0, 0.1) is 5.41 Å². The van der Waals surface area contributed by atoms with Crippen LogP contribution in [-0.2, 0) is 10.2 Å². The van der Waals surface area contributed by atoms with E-state index in [0.29, 0.717) is 5.41 Å². The molecule has 0 aliphatic carbocycles. The van der Waals surface area contributed by atoms with Gasteiger partial charge in [0.2, 0.25) is 0 Å². The molecule has 0 heterocycles. The molecule has 0 unspecified atom stereocenters. The summed E-state index contributed by atoms with van der Waals surface area (Å²) < 4.78 is 10.6. The molecule has 1 aromatic carbocycles. The number of hydrogen-bond acceptors (Lipinski definition) is 3. The molecular formula is C16H25IO2S. The van der Waals surface area contributed by atoms with Gasteiger partial charge in [-0.1, -0.05) is 40.7 Å². The van der Waals surface area contributed by atoms with Crippen LogP contribution < -0.4 is 4.74 Å². The Hall–Kier alpha value is 0.0600. The molecule has 114 valence electrons. The molecule has 0 saturated heterocycles. The summed E-state index contributed by atoms with van der Waals surface area (Å²) in [5.74, 6) is 0.890. The van der Waals surface area contributed by atoms with E-state index in [1.165, 1.54) is 5.56 Å². The van der Waals surface area contributed by atoms with Crippen LogP contribution >= 0.6 is 30.1 Å². The lowest BCUT2D eigenvalue weighted by atomic mass is 9.72. The molecule has 0 atom stereocenters. The molecule has 1 aromatic rings. The number of methoxy groups -OCH3 is 1. The highest BCUT2D eigenvalue weighted by Gasteiger charge is 2.27. The average Bonchev–Trinajstić information content (AvgIpc) is 2.33. The minimum absolute atomic E-state index is 0.152. The molecule has 1 rings (SSSR count). The van der Waals surface area contributed by atoms with E-state index in [-0.39, 0.29) is 12.2 Å². The van der Waals surface area contributed by atoms with Crippen LogP contribution in [0.3, 0.4) is 0 Å². The van der Waals surface area contributed by atoms with Crippen LogP contribution in [0.25, 0.3) is 0 Å². The van der Waals surface area contributed by atoms with Crippen LogP contribution in [0.15, 0.2) is 23.1 Å². The highest BCUT2D eigenvalue weighted by molar-refractivity contribution is 14.2. The quantitative estimate of drug-likeness (QED) is 0.436. The Morgan fingerprint density at radius 3 is 2.30 bits per heavy atom. The van der Waals surface area contributed by atoms with Gasteiger partial charge in [0, 0.05) is 28.3 Å². The Kier molecular flexibility index (Phi) is 6.67. The first-order chi connectivity index (χ1) is 9.19. The summed E-state index contributed by atoms with van der Waals surface area (Å²) in [5.41, 5.74) is 1.82. The highest BCUT2D eigenvalue weighted by Crippen LogP contribution is 2.41. The Morgan fingerprint density at radius 2 is 1.80 bits per heavy atom. The Balaban J connectivity index is 3.02. The summed E-state index contributed by atoms with van der Waals surface area (Å²) in [6.07, 6.45) is 1.14. The lowest BCUT2D eigenvalue weighted by molar-refractivity contribution is 0.0491. The van der Waals surface area contributed by atoms with Gasteiger partial charge in [-0.05, 0) is 43.9 Å². The van der Waals surface area contributed by atoms with Crippen molar-refractivity contribution in [3.8, 4) is 5.75 Å². The zero-order chi connectivity index (χ0) is 15.4. The topological polar surface area (TPSA) is 18.5 Å². The normalized spacial score (nSPS) is 12.6. The third kappa shape index (κ3) is 5.45. The lowest BCUT2D eigenvalue weighted by Crippen LogP contribution is -2.24. The lowest BCUT2D eigenvalue weighted by Gasteiger charge is -2.33. The number of hydrogen-bond donors (Lipinski definition) is 0. The summed E-state index contributed by atoms with van der Waals surface area (Å²) in [5, 5.41) is 0. The van der Waals surface area contributed by atoms with E-state index in [1.54, 1.807) is 16.0 Å². The number of rotatable bonds is 6. The molecule has 0 amide bonds. The number of halogens is 1. The molecule has 4 heteroatoms. The third-order valence-corrected chi connectivity index (χ3v) is 5.02. The second-order valence-electron chi connectivity index (χ2n) is 6.91. The first-order valence-electron chi connectivity index (χ1n) is 6.74. The van der Waals surface area contributed by atoms with Crippen LogP contribution in [0.4, 0.5) is 0 Å². The fourth-order valence-corrected chi connectivity index (χ4v) is 4.07. The molecule has 20 heavy (non-hydrogen) atoms. The largest absolute Gasteiger partial charge is 0.466 e.